The Morgan fingerprint density at radius 3 is 2.28 bits per heavy atom. The van der Waals surface area contributed by atoms with Gasteiger partial charge in [-0.05, 0) is 79.5 Å². The molecule has 0 saturated carbocycles. The van der Waals surface area contributed by atoms with Gasteiger partial charge in [-0.3, -0.25) is 4.79 Å². The van der Waals surface area contributed by atoms with Crippen LogP contribution in [0.5, 0.6) is 0 Å². The predicted octanol–water partition coefficient (Wildman–Crippen LogP) is 3.84. The van der Waals surface area contributed by atoms with Gasteiger partial charge in [0, 0.05) is 52.2 Å². The lowest BCUT2D eigenvalue weighted by atomic mass is 9.90. The number of amides is 1. The SMILES string of the molecule is CC1CCN(C(=O)c2cnn3ccc(C4CCN(S(=O)(=O)c5ccc(N(C)C)cc5)CC4)cc23)CC1. The summed E-state index contributed by atoms with van der Waals surface area (Å²) in [6.45, 7) is 4.78. The Bertz CT molecular complexity index is 1330. The fourth-order valence-electron chi connectivity index (χ4n) is 5.29. The van der Waals surface area contributed by atoms with E-state index in [0.717, 1.165) is 55.5 Å². The van der Waals surface area contributed by atoms with E-state index in [0.29, 0.717) is 29.5 Å². The Balaban J connectivity index is 1.29. The van der Waals surface area contributed by atoms with E-state index in [1.165, 1.54) is 0 Å². The van der Waals surface area contributed by atoms with E-state index in [9.17, 15) is 13.2 Å². The van der Waals surface area contributed by atoms with Gasteiger partial charge in [-0.15, -0.1) is 0 Å². The highest BCUT2D eigenvalue weighted by atomic mass is 32.2. The first-order valence-electron chi connectivity index (χ1n) is 12.8. The molecule has 0 N–H and O–H groups in total. The molecule has 3 aromatic rings. The standard InChI is InChI=1S/C27H35N5O3S/c1-20-8-13-30(14-9-20)27(33)25-19-28-32-17-12-22(18-26(25)32)21-10-15-31(16-11-21)36(34,35)24-6-4-23(5-7-24)29(2)3/h4-7,12,17-21H,8-11,13-16H2,1-3H3. The third-order valence-corrected chi connectivity index (χ3v) is 9.68. The number of carbonyl (C=O) groups is 1. The lowest BCUT2D eigenvalue weighted by molar-refractivity contribution is 0.0699. The third kappa shape index (κ3) is 4.74. The van der Waals surface area contributed by atoms with Crippen LogP contribution >= 0.6 is 0 Å². The maximum atomic E-state index is 13.2. The van der Waals surface area contributed by atoms with Gasteiger partial charge in [-0.2, -0.15) is 9.40 Å². The lowest BCUT2D eigenvalue weighted by Gasteiger charge is -2.31. The number of anilines is 1. The van der Waals surface area contributed by atoms with Gasteiger partial charge in [-0.25, -0.2) is 12.9 Å². The summed E-state index contributed by atoms with van der Waals surface area (Å²) >= 11 is 0. The number of fused-ring (bicyclic) bond motifs is 1. The Kier molecular flexibility index (Phi) is 6.78. The van der Waals surface area contributed by atoms with E-state index in [4.69, 9.17) is 0 Å². The molecule has 1 amide bonds. The first-order valence-corrected chi connectivity index (χ1v) is 14.2. The number of sulfonamides is 1. The Hall–Kier alpha value is -2.91. The molecule has 9 heteroatoms. The van der Waals surface area contributed by atoms with Gasteiger partial charge < -0.3 is 9.80 Å². The molecular formula is C27H35N5O3S. The number of piperidine rings is 2. The van der Waals surface area contributed by atoms with Crippen LogP contribution in [0, 0.1) is 5.92 Å². The van der Waals surface area contributed by atoms with Crippen LogP contribution < -0.4 is 4.90 Å². The molecule has 0 spiro atoms. The zero-order valence-electron chi connectivity index (χ0n) is 21.3. The number of pyridine rings is 1. The van der Waals surface area contributed by atoms with Crippen molar-refractivity contribution in [1.29, 1.82) is 0 Å². The normalized spacial score (nSPS) is 18.6. The number of hydrogen-bond acceptors (Lipinski definition) is 5. The van der Waals surface area contributed by atoms with Crippen molar-refractivity contribution < 1.29 is 13.2 Å². The molecule has 8 nitrogen and oxygen atoms in total. The quantitative estimate of drug-likeness (QED) is 0.522. The monoisotopic (exact) mass is 509 g/mol. The van der Waals surface area contributed by atoms with Crippen molar-refractivity contribution in [2.75, 3.05) is 45.2 Å². The van der Waals surface area contributed by atoms with E-state index in [2.05, 4.69) is 18.1 Å². The predicted molar refractivity (Wildman–Crippen MR) is 141 cm³/mol. The largest absolute Gasteiger partial charge is 0.378 e. The van der Waals surface area contributed by atoms with Gasteiger partial charge in [-0.1, -0.05) is 6.92 Å². The number of carbonyl (C=O) groups excluding carboxylic acids is 1. The van der Waals surface area contributed by atoms with Crippen molar-refractivity contribution in [2.24, 2.45) is 5.92 Å². The lowest BCUT2D eigenvalue weighted by Crippen LogP contribution is -2.38. The first kappa shape index (κ1) is 24.8. The molecule has 0 atom stereocenters. The minimum absolute atomic E-state index is 0.0512. The van der Waals surface area contributed by atoms with Crippen LogP contribution in [0.1, 0.15) is 54.4 Å². The first-order chi connectivity index (χ1) is 17.2. The molecule has 192 valence electrons. The molecule has 5 rings (SSSR count). The molecule has 2 fully saturated rings. The Morgan fingerprint density at radius 2 is 1.64 bits per heavy atom. The highest BCUT2D eigenvalue weighted by Crippen LogP contribution is 2.32. The molecule has 1 aromatic carbocycles. The second-order valence-corrected chi connectivity index (χ2v) is 12.3. The summed E-state index contributed by atoms with van der Waals surface area (Å²) in [5.41, 5.74) is 3.58. The molecule has 0 aliphatic carbocycles. The molecule has 0 radical (unpaired) electrons. The summed E-state index contributed by atoms with van der Waals surface area (Å²) < 4.78 is 29.8. The van der Waals surface area contributed by atoms with E-state index < -0.39 is 10.0 Å². The van der Waals surface area contributed by atoms with E-state index >= 15 is 0 Å². The smallest absolute Gasteiger partial charge is 0.257 e. The van der Waals surface area contributed by atoms with Crippen molar-refractivity contribution in [3.8, 4) is 0 Å². The summed E-state index contributed by atoms with van der Waals surface area (Å²) in [5.74, 6) is 0.957. The summed E-state index contributed by atoms with van der Waals surface area (Å²) in [6.07, 6.45) is 7.15. The number of aromatic nitrogens is 2. The average molecular weight is 510 g/mol. The topological polar surface area (TPSA) is 78.2 Å². The number of hydrogen-bond donors (Lipinski definition) is 0. The van der Waals surface area contributed by atoms with Gasteiger partial charge in [0.1, 0.15) is 0 Å². The Labute approximate surface area is 213 Å². The average Bonchev–Trinajstić information content (AvgIpc) is 3.32. The van der Waals surface area contributed by atoms with Crippen LogP contribution in [0.25, 0.3) is 5.52 Å². The maximum Gasteiger partial charge on any atom is 0.257 e. The molecule has 4 heterocycles. The van der Waals surface area contributed by atoms with Crippen molar-refractivity contribution in [1.82, 2.24) is 18.8 Å². The van der Waals surface area contributed by atoms with Gasteiger partial charge >= 0.3 is 0 Å². The molecule has 2 saturated heterocycles. The zero-order chi connectivity index (χ0) is 25.4. The summed E-state index contributed by atoms with van der Waals surface area (Å²) in [6, 6.07) is 11.2. The van der Waals surface area contributed by atoms with Gasteiger partial charge in [0.25, 0.3) is 5.91 Å². The summed E-state index contributed by atoms with van der Waals surface area (Å²) in [5, 5.41) is 4.41. The zero-order valence-corrected chi connectivity index (χ0v) is 22.1. The number of rotatable bonds is 5. The molecular weight excluding hydrogens is 474 g/mol. The Morgan fingerprint density at radius 1 is 0.972 bits per heavy atom. The highest BCUT2D eigenvalue weighted by molar-refractivity contribution is 7.89. The number of likely N-dealkylation sites (tertiary alicyclic amines) is 1. The second kappa shape index (κ2) is 9.86. The van der Waals surface area contributed by atoms with E-state index in [-0.39, 0.29) is 11.8 Å². The van der Waals surface area contributed by atoms with Crippen molar-refractivity contribution in [3.05, 3.63) is 59.9 Å². The van der Waals surface area contributed by atoms with E-state index in [1.54, 1.807) is 27.2 Å². The molecule has 36 heavy (non-hydrogen) atoms. The van der Waals surface area contributed by atoms with Crippen molar-refractivity contribution in [2.45, 2.75) is 43.4 Å². The maximum absolute atomic E-state index is 13.2. The van der Waals surface area contributed by atoms with Gasteiger partial charge in [0.2, 0.25) is 10.0 Å². The molecule has 2 aliphatic rings. The molecule has 0 bridgehead atoms. The van der Waals surface area contributed by atoms with Crippen LogP contribution in [-0.2, 0) is 10.0 Å². The molecule has 2 aliphatic heterocycles. The van der Waals surface area contributed by atoms with Crippen molar-refractivity contribution in [3.63, 3.8) is 0 Å². The van der Waals surface area contributed by atoms with E-state index in [1.807, 2.05) is 48.3 Å². The minimum atomic E-state index is -3.52. The number of nitrogens with zero attached hydrogens (tertiary/aromatic N) is 5. The van der Waals surface area contributed by atoms with Crippen molar-refractivity contribution >= 4 is 27.1 Å². The number of benzene rings is 1. The van der Waals surface area contributed by atoms with Gasteiger partial charge in [0.05, 0.1) is 22.2 Å². The van der Waals surface area contributed by atoms with Crippen LogP contribution in [0.2, 0.25) is 0 Å². The molecule has 0 unspecified atom stereocenters. The van der Waals surface area contributed by atoms with Crippen LogP contribution in [0.15, 0.2) is 53.7 Å². The van der Waals surface area contributed by atoms with Crippen LogP contribution in [-0.4, -0.2) is 73.4 Å². The minimum Gasteiger partial charge on any atom is -0.378 e. The fourth-order valence-corrected chi connectivity index (χ4v) is 6.76. The third-order valence-electron chi connectivity index (χ3n) is 7.76. The summed E-state index contributed by atoms with van der Waals surface area (Å²) in [7, 11) is 0.347. The van der Waals surface area contributed by atoms with Crippen LogP contribution in [0.4, 0.5) is 5.69 Å². The highest BCUT2D eigenvalue weighted by Gasteiger charge is 2.31. The molecule has 2 aromatic heterocycles. The van der Waals surface area contributed by atoms with Gasteiger partial charge in [0.15, 0.2) is 0 Å². The fraction of sp³-hybridized carbons (Fsp3) is 0.481. The summed E-state index contributed by atoms with van der Waals surface area (Å²) in [4.78, 5) is 17.4. The van der Waals surface area contributed by atoms with Crippen LogP contribution in [0.3, 0.4) is 0 Å². The second-order valence-electron chi connectivity index (χ2n) is 10.4.